The summed E-state index contributed by atoms with van der Waals surface area (Å²) >= 11 is 7.65. The van der Waals surface area contributed by atoms with Crippen molar-refractivity contribution in [2.24, 2.45) is 0 Å². The first-order chi connectivity index (χ1) is 11.7. The minimum absolute atomic E-state index is 0.0442. The van der Waals surface area contributed by atoms with Crippen molar-refractivity contribution < 1.29 is 14.3 Å². The number of nitrogens with zero attached hydrogens (tertiary/aromatic N) is 2. The van der Waals surface area contributed by atoms with Gasteiger partial charge in [-0.3, -0.25) is 0 Å². The van der Waals surface area contributed by atoms with E-state index in [2.05, 4.69) is 10.3 Å². The van der Waals surface area contributed by atoms with Crippen molar-refractivity contribution in [2.75, 3.05) is 33.4 Å². The van der Waals surface area contributed by atoms with Crippen molar-refractivity contribution in [1.29, 1.82) is 0 Å². The molecule has 1 aliphatic rings. The Bertz CT molecular complexity index is 701. The predicted octanol–water partition coefficient (Wildman–Crippen LogP) is 3.15. The molecule has 1 aliphatic heterocycles. The molecule has 1 N–H and O–H groups in total. The zero-order valence-corrected chi connectivity index (χ0v) is 15.0. The molecule has 2 heterocycles. The van der Waals surface area contributed by atoms with Crippen LogP contribution in [0.3, 0.4) is 0 Å². The Kier molecular flexibility index (Phi) is 5.76. The van der Waals surface area contributed by atoms with Gasteiger partial charge in [-0.1, -0.05) is 29.0 Å². The van der Waals surface area contributed by atoms with E-state index in [1.165, 1.54) is 11.3 Å². The Morgan fingerprint density at radius 3 is 2.96 bits per heavy atom. The summed E-state index contributed by atoms with van der Waals surface area (Å²) in [4.78, 5) is 18.3. The van der Waals surface area contributed by atoms with Crippen molar-refractivity contribution in [2.45, 2.75) is 18.9 Å². The van der Waals surface area contributed by atoms with E-state index in [0.717, 1.165) is 23.1 Å². The molecule has 130 valence electrons. The van der Waals surface area contributed by atoms with Gasteiger partial charge in [0.15, 0.2) is 0 Å². The number of methoxy groups -OCH3 is 1. The number of amides is 2. The Labute approximate surface area is 149 Å². The highest BCUT2D eigenvalue weighted by Gasteiger charge is 2.24. The lowest BCUT2D eigenvalue weighted by atomic mass is 10.1. The molecule has 0 atom stereocenters. The number of piperidine rings is 1. The minimum Gasteiger partial charge on any atom is -0.467 e. The fraction of sp³-hybridized carbons (Fsp3) is 0.500. The van der Waals surface area contributed by atoms with Gasteiger partial charge in [0.05, 0.1) is 16.3 Å². The van der Waals surface area contributed by atoms with Gasteiger partial charge in [0, 0.05) is 39.6 Å². The fourth-order valence-electron chi connectivity index (χ4n) is 2.64. The number of urea groups is 1. The summed E-state index contributed by atoms with van der Waals surface area (Å²) in [5, 5.41) is 4.12. The summed E-state index contributed by atoms with van der Waals surface area (Å²) in [6.07, 6.45) is 1.66. The fourth-order valence-corrected chi connectivity index (χ4v) is 3.82. The number of nitrogens with one attached hydrogen (secondary N) is 1. The van der Waals surface area contributed by atoms with E-state index >= 15 is 0 Å². The van der Waals surface area contributed by atoms with E-state index in [4.69, 9.17) is 21.1 Å². The lowest BCUT2D eigenvalue weighted by Crippen LogP contribution is -2.47. The Hall–Kier alpha value is -1.57. The number of likely N-dealkylation sites (tertiary alicyclic amines) is 1. The molecule has 1 fully saturated rings. The van der Waals surface area contributed by atoms with Crippen LogP contribution in [0, 0.1) is 0 Å². The molecule has 0 bridgehead atoms. The molecule has 2 aromatic rings. The van der Waals surface area contributed by atoms with Crippen LogP contribution in [0.5, 0.6) is 5.19 Å². The normalized spacial score (nSPS) is 15.7. The summed E-state index contributed by atoms with van der Waals surface area (Å²) in [5.41, 5.74) is 0.786. The molecular formula is C16H20ClN3O3S. The number of benzene rings is 1. The van der Waals surface area contributed by atoms with Gasteiger partial charge in [-0.05, 0) is 12.1 Å². The number of carbonyl (C=O) groups excluding carboxylic acids is 1. The number of thiazole rings is 1. The second kappa shape index (κ2) is 8.00. The zero-order chi connectivity index (χ0) is 16.9. The van der Waals surface area contributed by atoms with Crippen LogP contribution in [-0.4, -0.2) is 55.4 Å². The number of hydrogen-bond acceptors (Lipinski definition) is 5. The van der Waals surface area contributed by atoms with Crippen LogP contribution in [0.1, 0.15) is 12.8 Å². The molecular weight excluding hydrogens is 350 g/mol. The highest BCUT2D eigenvalue weighted by molar-refractivity contribution is 7.20. The Morgan fingerprint density at radius 2 is 2.25 bits per heavy atom. The van der Waals surface area contributed by atoms with Gasteiger partial charge in [-0.2, -0.15) is 0 Å². The SMILES string of the molecule is COCCNC(=O)N1CCC(Oc2nc3c(Cl)cccc3s2)CC1. The molecule has 0 unspecified atom stereocenters. The van der Waals surface area contributed by atoms with Crippen LogP contribution < -0.4 is 10.1 Å². The quantitative estimate of drug-likeness (QED) is 0.822. The van der Waals surface area contributed by atoms with Crippen LogP contribution in [0.15, 0.2) is 18.2 Å². The van der Waals surface area contributed by atoms with Gasteiger partial charge in [-0.15, -0.1) is 0 Å². The van der Waals surface area contributed by atoms with E-state index < -0.39 is 0 Å². The average molecular weight is 370 g/mol. The number of halogens is 1. The van der Waals surface area contributed by atoms with E-state index in [-0.39, 0.29) is 12.1 Å². The summed E-state index contributed by atoms with van der Waals surface area (Å²) in [6.45, 7) is 2.40. The van der Waals surface area contributed by atoms with Crippen molar-refractivity contribution in [1.82, 2.24) is 15.2 Å². The number of ether oxygens (including phenoxy) is 2. The van der Waals surface area contributed by atoms with Crippen LogP contribution in [0.2, 0.25) is 5.02 Å². The predicted molar refractivity (Wildman–Crippen MR) is 95.1 cm³/mol. The molecule has 0 aliphatic carbocycles. The number of carbonyl (C=O) groups is 1. The maximum atomic E-state index is 12.0. The topological polar surface area (TPSA) is 63.7 Å². The number of aromatic nitrogens is 1. The highest BCUT2D eigenvalue weighted by Crippen LogP contribution is 2.33. The molecule has 8 heteroatoms. The van der Waals surface area contributed by atoms with Crippen molar-refractivity contribution >= 4 is 39.2 Å². The third kappa shape index (κ3) is 4.09. The molecule has 1 aromatic heterocycles. The first-order valence-corrected chi connectivity index (χ1v) is 9.10. The summed E-state index contributed by atoms with van der Waals surface area (Å²) in [6, 6.07) is 5.68. The van der Waals surface area contributed by atoms with Crippen LogP contribution >= 0.6 is 22.9 Å². The van der Waals surface area contributed by atoms with E-state index in [0.29, 0.717) is 36.5 Å². The molecule has 0 spiro atoms. The summed E-state index contributed by atoms with van der Waals surface area (Å²) in [7, 11) is 1.62. The van der Waals surface area contributed by atoms with Crippen molar-refractivity contribution in [3.05, 3.63) is 23.2 Å². The van der Waals surface area contributed by atoms with Gasteiger partial charge >= 0.3 is 6.03 Å². The van der Waals surface area contributed by atoms with Crippen LogP contribution in [-0.2, 0) is 4.74 Å². The Balaban J connectivity index is 1.51. The maximum Gasteiger partial charge on any atom is 0.317 e. The van der Waals surface area contributed by atoms with Crippen molar-refractivity contribution in [3.63, 3.8) is 0 Å². The van der Waals surface area contributed by atoms with Crippen molar-refractivity contribution in [3.8, 4) is 5.19 Å². The van der Waals surface area contributed by atoms with Gasteiger partial charge in [-0.25, -0.2) is 9.78 Å². The van der Waals surface area contributed by atoms with E-state index in [9.17, 15) is 4.79 Å². The molecule has 3 rings (SSSR count). The number of hydrogen-bond donors (Lipinski definition) is 1. The van der Waals surface area contributed by atoms with Gasteiger partial charge in [0.1, 0.15) is 11.6 Å². The third-order valence-corrected chi connectivity index (χ3v) is 5.15. The van der Waals surface area contributed by atoms with Gasteiger partial charge in [0.25, 0.3) is 5.19 Å². The second-order valence-corrected chi connectivity index (χ2v) is 7.00. The Morgan fingerprint density at radius 1 is 1.46 bits per heavy atom. The molecule has 0 radical (unpaired) electrons. The maximum absolute atomic E-state index is 12.0. The molecule has 2 amide bonds. The summed E-state index contributed by atoms with van der Waals surface area (Å²) in [5.74, 6) is 0. The molecule has 24 heavy (non-hydrogen) atoms. The first-order valence-electron chi connectivity index (χ1n) is 7.91. The van der Waals surface area contributed by atoms with E-state index in [1.54, 1.807) is 7.11 Å². The molecule has 0 saturated carbocycles. The second-order valence-electron chi connectivity index (χ2n) is 5.60. The molecule has 6 nitrogen and oxygen atoms in total. The zero-order valence-electron chi connectivity index (χ0n) is 13.5. The lowest BCUT2D eigenvalue weighted by molar-refractivity contribution is 0.109. The minimum atomic E-state index is -0.0442. The number of para-hydroxylation sites is 1. The molecule has 1 aromatic carbocycles. The van der Waals surface area contributed by atoms with Crippen LogP contribution in [0.4, 0.5) is 4.79 Å². The molecule has 1 saturated heterocycles. The first kappa shape index (κ1) is 17.3. The third-order valence-electron chi connectivity index (χ3n) is 3.93. The van der Waals surface area contributed by atoms with Gasteiger partial charge < -0.3 is 19.7 Å². The average Bonchev–Trinajstić information content (AvgIpc) is 2.99. The number of rotatable bonds is 5. The number of fused-ring (bicyclic) bond motifs is 1. The summed E-state index contributed by atoms with van der Waals surface area (Å²) < 4.78 is 11.9. The van der Waals surface area contributed by atoms with E-state index in [1.807, 2.05) is 23.1 Å². The van der Waals surface area contributed by atoms with Gasteiger partial charge in [0.2, 0.25) is 0 Å². The van der Waals surface area contributed by atoms with Crippen LogP contribution in [0.25, 0.3) is 10.2 Å². The lowest BCUT2D eigenvalue weighted by Gasteiger charge is -2.31. The smallest absolute Gasteiger partial charge is 0.317 e. The monoisotopic (exact) mass is 369 g/mol. The largest absolute Gasteiger partial charge is 0.467 e. The standard InChI is InChI=1S/C16H20ClN3O3S/c1-22-10-7-18-15(21)20-8-5-11(6-9-20)23-16-19-14-12(17)3-2-4-13(14)24-16/h2-4,11H,5-10H2,1H3,(H,18,21). The highest BCUT2D eigenvalue weighted by atomic mass is 35.5.